The minimum Gasteiger partial charge on any atom is -0.494 e. The summed E-state index contributed by atoms with van der Waals surface area (Å²) < 4.78 is 16.5. The Morgan fingerprint density at radius 3 is 2.29 bits per heavy atom. The van der Waals surface area contributed by atoms with Gasteiger partial charge >= 0.3 is 0 Å². The van der Waals surface area contributed by atoms with Crippen molar-refractivity contribution in [3.63, 3.8) is 0 Å². The highest BCUT2D eigenvalue weighted by Crippen LogP contribution is 2.30. The number of carbonyl (C=O) groups is 2. The lowest BCUT2D eigenvalue weighted by molar-refractivity contribution is -0.120. The molecule has 0 saturated heterocycles. The molecule has 2 aromatic rings. The van der Waals surface area contributed by atoms with Crippen LogP contribution < -0.4 is 24.8 Å². The molecular weight excluding hydrogens is 396 g/mol. The second-order valence-electron chi connectivity index (χ2n) is 7.54. The molecule has 0 heterocycles. The third kappa shape index (κ3) is 7.51. The predicted octanol–water partition coefficient (Wildman–Crippen LogP) is 3.74. The summed E-state index contributed by atoms with van der Waals surface area (Å²) in [7, 11) is 1.58. The van der Waals surface area contributed by atoms with E-state index in [9.17, 15) is 9.59 Å². The van der Waals surface area contributed by atoms with Crippen molar-refractivity contribution < 1.29 is 23.8 Å². The van der Waals surface area contributed by atoms with E-state index in [-0.39, 0.29) is 24.4 Å². The van der Waals surface area contributed by atoms with Gasteiger partial charge in [-0.1, -0.05) is 19.9 Å². The molecule has 0 radical (unpaired) electrons. The number of carbonyl (C=O) groups excluding carboxylic acids is 2. The van der Waals surface area contributed by atoms with E-state index in [0.29, 0.717) is 41.9 Å². The topological polar surface area (TPSA) is 85.9 Å². The first-order valence-electron chi connectivity index (χ1n) is 10.4. The van der Waals surface area contributed by atoms with Gasteiger partial charge in [0.2, 0.25) is 5.91 Å². The van der Waals surface area contributed by atoms with Crippen molar-refractivity contribution in [3.8, 4) is 17.2 Å². The van der Waals surface area contributed by atoms with Gasteiger partial charge in [-0.15, -0.1) is 0 Å². The van der Waals surface area contributed by atoms with Crippen LogP contribution in [-0.4, -0.2) is 38.7 Å². The zero-order valence-electron chi connectivity index (χ0n) is 18.9. The summed E-state index contributed by atoms with van der Waals surface area (Å²) in [6.45, 7) is 8.95. The standard InChI is InChI=1S/C24H32N2O5/c1-6-30-20-10-7-18(8-11-20)24(28)25-14-23(27)26-17(4)19-9-12-21(22(13-19)29-5)31-15-16(2)3/h7-13,16-17H,6,14-15H2,1-5H3,(H,25,28)(H,26,27). The van der Waals surface area contributed by atoms with Crippen LogP contribution in [0.4, 0.5) is 0 Å². The molecule has 31 heavy (non-hydrogen) atoms. The highest BCUT2D eigenvalue weighted by atomic mass is 16.5. The molecule has 2 N–H and O–H groups in total. The Morgan fingerprint density at radius 1 is 0.968 bits per heavy atom. The first-order chi connectivity index (χ1) is 14.8. The number of benzene rings is 2. The van der Waals surface area contributed by atoms with E-state index < -0.39 is 0 Å². The molecule has 2 amide bonds. The normalized spacial score (nSPS) is 11.5. The van der Waals surface area contributed by atoms with Crippen LogP contribution in [0.5, 0.6) is 17.2 Å². The molecule has 2 rings (SSSR count). The number of amides is 2. The van der Waals surface area contributed by atoms with E-state index in [1.165, 1.54) is 0 Å². The fraction of sp³-hybridized carbons (Fsp3) is 0.417. The molecule has 0 aliphatic rings. The van der Waals surface area contributed by atoms with Crippen molar-refractivity contribution >= 4 is 11.8 Å². The first-order valence-corrected chi connectivity index (χ1v) is 10.4. The summed E-state index contributed by atoms with van der Waals surface area (Å²) >= 11 is 0. The lowest BCUT2D eigenvalue weighted by atomic mass is 10.1. The van der Waals surface area contributed by atoms with Crippen LogP contribution in [0.3, 0.4) is 0 Å². The third-order valence-electron chi connectivity index (χ3n) is 4.47. The van der Waals surface area contributed by atoms with Crippen molar-refractivity contribution in [1.82, 2.24) is 10.6 Å². The van der Waals surface area contributed by atoms with Crippen molar-refractivity contribution in [2.45, 2.75) is 33.7 Å². The Balaban J connectivity index is 1.89. The second kappa shape index (κ2) is 11.8. The molecule has 0 fully saturated rings. The molecule has 0 aromatic heterocycles. The highest BCUT2D eigenvalue weighted by Gasteiger charge is 2.14. The Labute approximate surface area is 184 Å². The third-order valence-corrected chi connectivity index (χ3v) is 4.47. The Hall–Kier alpha value is -3.22. The van der Waals surface area contributed by atoms with Crippen LogP contribution in [0.25, 0.3) is 0 Å². The average molecular weight is 429 g/mol. The van der Waals surface area contributed by atoms with Crippen LogP contribution in [-0.2, 0) is 4.79 Å². The Bertz CT molecular complexity index is 865. The van der Waals surface area contributed by atoms with Crippen molar-refractivity contribution in [3.05, 3.63) is 53.6 Å². The zero-order valence-corrected chi connectivity index (χ0v) is 18.9. The maximum Gasteiger partial charge on any atom is 0.251 e. The van der Waals surface area contributed by atoms with Crippen LogP contribution in [0.1, 0.15) is 49.7 Å². The van der Waals surface area contributed by atoms with Crippen LogP contribution in [0.2, 0.25) is 0 Å². The molecule has 2 aromatic carbocycles. The molecule has 7 heteroatoms. The van der Waals surface area contributed by atoms with Crippen molar-refractivity contribution in [1.29, 1.82) is 0 Å². The predicted molar refractivity (Wildman–Crippen MR) is 120 cm³/mol. The first kappa shape index (κ1) is 24.1. The summed E-state index contributed by atoms with van der Waals surface area (Å²) in [6, 6.07) is 12.1. The number of nitrogens with one attached hydrogen (secondary N) is 2. The fourth-order valence-corrected chi connectivity index (χ4v) is 2.84. The number of ether oxygens (including phenoxy) is 3. The van der Waals surface area contributed by atoms with E-state index in [0.717, 1.165) is 5.56 Å². The largest absolute Gasteiger partial charge is 0.494 e. The van der Waals surface area contributed by atoms with Gasteiger partial charge < -0.3 is 24.8 Å². The minimum absolute atomic E-state index is 0.122. The van der Waals surface area contributed by atoms with Gasteiger partial charge in [0.05, 0.1) is 32.9 Å². The minimum atomic E-state index is -0.320. The van der Waals surface area contributed by atoms with E-state index >= 15 is 0 Å². The molecule has 7 nitrogen and oxygen atoms in total. The van der Waals surface area contributed by atoms with Gasteiger partial charge in [-0.3, -0.25) is 9.59 Å². The van der Waals surface area contributed by atoms with Gasteiger partial charge in [0.25, 0.3) is 5.91 Å². The van der Waals surface area contributed by atoms with Gasteiger partial charge in [-0.05, 0) is 61.7 Å². The van der Waals surface area contributed by atoms with Crippen LogP contribution in [0.15, 0.2) is 42.5 Å². The molecule has 1 atom stereocenters. The lowest BCUT2D eigenvalue weighted by Gasteiger charge is -2.18. The zero-order chi connectivity index (χ0) is 22.8. The second-order valence-corrected chi connectivity index (χ2v) is 7.54. The smallest absolute Gasteiger partial charge is 0.251 e. The maximum absolute atomic E-state index is 12.3. The molecule has 168 valence electrons. The number of hydrogen-bond donors (Lipinski definition) is 2. The van der Waals surface area contributed by atoms with Crippen molar-refractivity contribution in [2.75, 3.05) is 26.9 Å². The molecule has 0 aliphatic heterocycles. The summed E-state index contributed by atoms with van der Waals surface area (Å²) in [6.07, 6.45) is 0. The summed E-state index contributed by atoms with van der Waals surface area (Å²) in [5.74, 6) is 1.77. The average Bonchev–Trinajstić information content (AvgIpc) is 2.76. The number of hydrogen-bond acceptors (Lipinski definition) is 5. The number of methoxy groups -OCH3 is 1. The molecule has 0 spiro atoms. The van der Waals surface area contributed by atoms with Crippen molar-refractivity contribution in [2.24, 2.45) is 5.92 Å². The van der Waals surface area contributed by atoms with Gasteiger partial charge in [0.1, 0.15) is 5.75 Å². The monoisotopic (exact) mass is 428 g/mol. The molecular formula is C24H32N2O5. The van der Waals surface area contributed by atoms with Gasteiger partial charge in [0.15, 0.2) is 11.5 Å². The Morgan fingerprint density at radius 2 is 1.68 bits per heavy atom. The number of rotatable bonds is 11. The van der Waals surface area contributed by atoms with Gasteiger partial charge in [0, 0.05) is 5.56 Å². The van der Waals surface area contributed by atoms with Crippen LogP contribution in [0, 0.1) is 5.92 Å². The molecule has 0 saturated carbocycles. The van der Waals surface area contributed by atoms with E-state index in [1.54, 1.807) is 31.4 Å². The van der Waals surface area contributed by atoms with E-state index in [1.807, 2.05) is 32.0 Å². The quantitative estimate of drug-likeness (QED) is 0.570. The van der Waals surface area contributed by atoms with Gasteiger partial charge in [-0.2, -0.15) is 0 Å². The van der Waals surface area contributed by atoms with Crippen LogP contribution >= 0.6 is 0 Å². The molecule has 0 aliphatic carbocycles. The molecule has 1 unspecified atom stereocenters. The van der Waals surface area contributed by atoms with E-state index in [2.05, 4.69) is 24.5 Å². The van der Waals surface area contributed by atoms with E-state index in [4.69, 9.17) is 14.2 Å². The SMILES string of the molecule is CCOc1ccc(C(=O)NCC(=O)NC(C)c2ccc(OCC(C)C)c(OC)c2)cc1. The summed E-state index contributed by atoms with van der Waals surface area (Å²) in [4.78, 5) is 24.5. The summed E-state index contributed by atoms with van der Waals surface area (Å²) in [5, 5.41) is 5.51. The highest BCUT2D eigenvalue weighted by molar-refractivity contribution is 5.96. The fourth-order valence-electron chi connectivity index (χ4n) is 2.84. The Kier molecular flexibility index (Phi) is 9.18. The van der Waals surface area contributed by atoms with Gasteiger partial charge in [-0.25, -0.2) is 0 Å². The molecule has 0 bridgehead atoms. The summed E-state index contributed by atoms with van der Waals surface area (Å²) in [5.41, 5.74) is 1.34. The maximum atomic E-state index is 12.3. The lowest BCUT2D eigenvalue weighted by Crippen LogP contribution is -2.38.